The third-order valence-corrected chi connectivity index (χ3v) is 2.30. The van der Waals surface area contributed by atoms with E-state index < -0.39 is 0 Å². The van der Waals surface area contributed by atoms with Crippen LogP contribution in [0.4, 0.5) is 0 Å². The molecule has 2 unspecified atom stereocenters. The minimum absolute atomic E-state index is 0.0950. The zero-order valence-electron chi connectivity index (χ0n) is 6.87. The lowest BCUT2D eigenvalue weighted by Crippen LogP contribution is -2.32. The molecule has 0 spiro atoms. The summed E-state index contributed by atoms with van der Waals surface area (Å²) in [6.45, 7) is 4.59. The molecule has 1 fully saturated rings. The average Bonchev–Trinajstić information content (AvgIpc) is 2.26. The molecule has 0 N–H and O–H groups in total. The maximum Gasteiger partial charge on any atom is 0.224 e. The van der Waals surface area contributed by atoms with Crippen LogP contribution in [0, 0.1) is 17.2 Å². The average molecular weight is 152 g/mol. The second kappa shape index (κ2) is 2.91. The molecule has 3 nitrogen and oxygen atoms in total. The van der Waals surface area contributed by atoms with Gasteiger partial charge in [0.25, 0.3) is 0 Å². The molecule has 1 amide bonds. The van der Waals surface area contributed by atoms with Crippen LogP contribution in [0.5, 0.6) is 0 Å². The fourth-order valence-corrected chi connectivity index (χ4v) is 1.54. The van der Waals surface area contributed by atoms with Crippen molar-refractivity contribution < 1.29 is 4.79 Å². The topological polar surface area (TPSA) is 44.1 Å². The number of amides is 1. The van der Waals surface area contributed by atoms with E-state index in [0.29, 0.717) is 6.42 Å². The molecule has 0 aromatic carbocycles. The Labute approximate surface area is 66.6 Å². The number of carbonyl (C=O) groups excluding carboxylic acids is 1. The van der Waals surface area contributed by atoms with Crippen molar-refractivity contribution in [1.82, 2.24) is 4.90 Å². The van der Waals surface area contributed by atoms with Crippen LogP contribution in [0.3, 0.4) is 0 Å². The van der Waals surface area contributed by atoms with E-state index in [1.165, 1.54) is 0 Å². The van der Waals surface area contributed by atoms with Gasteiger partial charge in [0.15, 0.2) is 0 Å². The lowest BCUT2D eigenvalue weighted by molar-refractivity contribution is -0.128. The Balaban J connectivity index is 2.72. The molecule has 1 heterocycles. The highest BCUT2D eigenvalue weighted by Crippen LogP contribution is 2.23. The van der Waals surface area contributed by atoms with E-state index >= 15 is 0 Å². The van der Waals surface area contributed by atoms with Crippen molar-refractivity contribution in [3.05, 3.63) is 0 Å². The minimum atomic E-state index is -0.0950. The first-order valence-corrected chi connectivity index (χ1v) is 3.89. The van der Waals surface area contributed by atoms with E-state index in [1.54, 1.807) is 4.90 Å². The molecule has 1 saturated heterocycles. The van der Waals surface area contributed by atoms with Gasteiger partial charge >= 0.3 is 0 Å². The van der Waals surface area contributed by atoms with Crippen LogP contribution in [0.25, 0.3) is 0 Å². The monoisotopic (exact) mass is 152 g/mol. The summed E-state index contributed by atoms with van der Waals surface area (Å²) in [5.74, 6) is 0.0222. The van der Waals surface area contributed by atoms with Gasteiger partial charge in [0.05, 0.1) is 12.0 Å². The Morgan fingerprint density at radius 1 is 1.82 bits per heavy atom. The standard InChI is InChI=1S/C8H12N2O/c1-3-10-6(2)7(5-9)4-8(10)11/h6-7H,3-4H2,1-2H3. The molecule has 0 aromatic heterocycles. The molecule has 0 radical (unpaired) electrons. The van der Waals surface area contributed by atoms with E-state index in [-0.39, 0.29) is 17.9 Å². The van der Waals surface area contributed by atoms with Crippen LogP contribution in [-0.4, -0.2) is 23.4 Å². The van der Waals surface area contributed by atoms with Crippen LogP contribution >= 0.6 is 0 Å². The number of hydrogen-bond acceptors (Lipinski definition) is 2. The molecule has 0 bridgehead atoms. The molecule has 1 aliphatic rings. The smallest absolute Gasteiger partial charge is 0.224 e. The summed E-state index contributed by atoms with van der Waals surface area (Å²) in [5, 5.41) is 8.64. The van der Waals surface area contributed by atoms with Gasteiger partial charge in [-0.2, -0.15) is 5.26 Å². The number of nitriles is 1. The van der Waals surface area contributed by atoms with Crippen molar-refractivity contribution in [2.75, 3.05) is 6.54 Å². The van der Waals surface area contributed by atoms with E-state index in [2.05, 4.69) is 6.07 Å². The quantitative estimate of drug-likeness (QED) is 0.557. The third kappa shape index (κ3) is 1.21. The first-order valence-electron chi connectivity index (χ1n) is 3.89. The van der Waals surface area contributed by atoms with Crippen LogP contribution < -0.4 is 0 Å². The van der Waals surface area contributed by atoms with E-state index in [0.717, 1.165) is 6.54 Å². The van der Waals surface area contributed by atoms with Crippen LogP contribution in [0.1, 0.15) is 20.3 Å². The van der Waals surface area contributed by atoms with Gasteiger partial charge in [-0.1, -0.05) is 0 Å². The molecule has 2 atom stereocenters. The highest BCUT2D eigenvalue weighted by Gasteiger charge is 2.35. The third-order valence-electron chi connectivity index (χ3n) is 2.30. The highest BCUT2D eigenvalue weighted by molar-refractivity contribution is 5.79. The van der Waals surface area contributed by atoms with E-state index in [9.17, 15) is 4.79 Å². The largest absolute Gasteiger partial charge is 0.339 e. The number of nitrogens with zero attached hydrogens (tertiary/aromatic N) is 2. The molecule has 1 aliphatic heterocycles. The Bertz CT molecular complexity index is 207. The summed E-state index contributed by atoms with van der Waals surface area (Å²) in [7, 11) is 0. The van der Waals surface area contributed by atoms with Gasteiger partial charge < -0.3 is 4.90 Å². The zero-order chi connectivity index (χ0) is 8.43. The minimum Gasteiger partial charge on any atom is -0.339 e. The first kappa shape index (κ1) is 8.06. The summed E-state index contributed by atoms with van der Waals surface area (Å²) in [6, 6.07) is 2.25. The summed E-state index contributed by atoms with van der Waals surface area (Å²) in [5.41, 5.74) is 0. The molecule has 11 heavy (non-hydrogen) atoms. The number of hydrogen-bond donors (Lipinski definition) is 0. The van der Waals surface area contributed by atoms with Gasteiger partial charge in [-0.25, -0.2) is 0 Å². The predicted octanol–water partition coefficient (Wildman–Crippen LogP) is 0.767. The Kier molecular flexibility index (Phi) is 2.13. The van der Waals surface area contributed by atoms with Crippen LogP contribution in [0.15, 0.2) is 0 Å². The molecule has 3 heteroatoms. The van der Waals surface area contributed by atoms with E-state index in [4.69, 9.17) is 5.26 Å². The van der Waals surface area contributed by atoms with Gasteiger partial charge in [-0.05, 0) is 13.8 Å². The summed E-state index contributed by atoms with van der Waals surface area (Å²) in [6.07, 6.45) is 0.408. The summed E-state index contributed by atoms with van der Waals surface area (Å²) >= 11 is 0. The summed E-state index contributed by atoms with van der Waals surface area (Å²) < 4.78 is 0. The van der Waals surface area contributed by atoms with Crippen molar-refractivity contribution in [3.63, 3.8) is 0 Å². The van der Waals surface area contributed by atoms with Gasteiger partial charge in [-0.15, -0.1) is 0 Å². The lowest BCUT2D eigenvalue weighted by atomic mass is 10.0. The second-order valence-corrected chi connectivity index (χ2v) is 2.86. The SMILES string of the molecule is CCN1C(=O)CC(C#N)C1C. The van der Waals surface area contributed by atoms with Gasteiger partial charge in [0.2, 0.25) is 5.91 Å². The van der Waals surface area contributed by atoms with Crippen molar-refractivity contribution in [2.24, 2.45) is 5.92 Å². The van der Waals surface area contributed by atoms with Crippen LogP contribution in [0.2, 0.25) is 0 Å². The second-order valence-electron chi connectivity index (χ2n) is 2.86. The lowest BCUT2D eigenvalue weighted by Gasteiger charge is -2.19. The number of likely N-dealkylation sites (tertiary alicyclic amines) is 1. The first-order chi connectivity index (χ1) is 5.20. The predicted molar refractivity (Wildman–Crippen MR) is 40.6 cm³/mol. The van der Waals surface area contributed by atoms with Crippen LogP contribution in [-0.2, 0) is 4.79 Å². The molecule has 1 rings (SSSR count). The zero-order valence-corrected chi connectivity index (χ0v) is 6.87. The highest BCUT2D eigenvalue weighted by atomic mass is 16.2. The Morgan fingerprint density at radius 3 is 2.73 bits per heavy atom. The molecule has 0 saturated carbocycles. The maximum atomic E-state index is 11.2. The number of rotatable bonds is 1. The molecule has 0 aromatic rings. The van der Waals surface area contributed by atoms with Gasteiger partial charge in [0.1, 0.15) is 0 Å². The van der Waals surface area contributed by atoms with Crippen molar-refractivity contribution in [1.29, 1.82) is 5.26 Å². The Morgan fingerprint density at radius 2 is 2.45 bits per heavy atom. The number of carbonyl (C=O) groups is 1. The molecule has 60 valence electrons. The fourth-order valence-electron chi connectivity index (χ4n) is 1.54. The molecular weight excluding hydrogens is 140 g/mol. The molecular formula is C8H12N2O. The molecule has 0 aliphatic carbocycles. The van der Waals surface area contributed by atoms with Crippen molar-refractivity contribution >= 4 is 5.91 Å². The Hall–Kier alpha value is -1.04. The maximum absolute atomic E-state index is 11.2. The van der Waals surface area contributed by atoms with Crippen molar-refractivity contribution in [3.8, 4) is 6.07 Å². The normalized spacial score (nSPS) is 30.6. The van der Waals surface area contributed by atoms with Crippen molar-refractivity contribution in [2.45, 2.75) is 26.3 Å². The summed E-state index contributed by atoms with van der Waals surface area (Å²) in [4.78, 5) is 12.9. The fraction of sp³-hybridized carbons (Fsp3) is 0.750. The van der Waals surface area contributed by atoms with Gasteiger partial charge in [0, 0.05) is 19.0 Å². The van der Waals surface area contributed by atoms with E-state index in [1.807, 2.05) is 13.8 Å². The van der Waals surface area contributed by atoms with Gasteiger partial charge in [-0.3, -0.25) is 4.79 Å².